The number of rotatable bonds is 59. The van der Waals surface area contributed by atoms with E-state index in [1.54, 1.807) is 0 Å². The Bertz CT molecular complexity index is 2310. The van der Waals surface area contributed by atoms with Gasteiger partial charge in [0.05, 0.1) is 45.2 Å². The van der Waals surface area contributed by atoms with Gasteiger partial charge in [-0.3, -0.25) is 43.2 Å². The Kier molecular flexibility index (Phi) is 50.3. The predicted octanol–water partition coefficient (Wildman–Crippen LogP) is -1.65. The first-order chi connectivity index (χ1) is 47.6. The largest absolute Gasteiger partial charge is 0.394 e. The van der Waals surface area contributed by atoms with Crippen LogP contribution in [0.25, 0.3) is 0 Å². The molecule has 1 saturated heterocycles. The summed E-state index contributed by atoms with van der Waals surface area (Å²) in [6.45, 7) is 10.7. The van der Waals surface area contributed by atoms with Crippen LogP contribution in [0.5, 0.6) is 0 Å². The van der Waals surface area contributed by atoms with Crippen molar-refractivity contribution in [2.45, 2.75) is 300 Å². The summed E-state index contributed by atoms with van der Waals surface area (Å²) in [5, 5.41) is 115. The van der Waals surface area contributed by atoms with Crippen LogP contribution in [-0.2, 0) is 71.6 Å². The van der Waals surface area contributed by atoms with Gasteiger partial charge >= 0.3 is 0 Å². The summed E-state index contributed by atoms with van der Waals surface area (Å²) in [5.74, 6) is -3.48. The second-order valence-electron chi connectivity index (χ2n) is 26.1. The maximum atomic E-state index is 14.4. The maximum Gasteiger partial charge on any atom is 0.243 e. The van der Waals surface area contributed by atoms with Crippen LogP contribution >= 0.6 is 0 Å². The minimum Gasteiger partial charge on any atom is -0.394 e. The standard InChI is InChI=1S/C67H125N9O24/c1-9-67(7,8)76-58(90)31-14-10-20-34-70-62(93)48(26-18-21-32-68-55(87)28-15-11-23-35-95-64(50(38-77)71-45(4)84)98-52(40-79)43(2)82)75-63(94)49(74-57(89)30-17-13-25-37-97-66-59(73-47(6)86)61(92)60(91)54(42-81)100-66)27-19-22-33-69-56(88)29-16-12-24-36-96-65(51(39-78)72-46(5)85)99-53(41-80)44(3)83/h43-44,48-54,59-61,64-66,77-83,91-92H,9-42H2,1-8H3,(H,68,87)(H,69,88)(H,70,93)(H,71,84)(H,72,85)(H,73,86)(H,74,89)(H,75,94)(H,76,90)/t43-,44-,48?,49?,50+,51+,52?,53?,54?,59?,60?,61?,64?,65?,66?/m1/s1. The quantitative estimate of drug-likeness (QED) is 0.0240. The normalized spacial score (nSPS) is 19.2. The number of aliphatic hydroxyl groups is 9. The Hall–Kier alpha value is -5.37. The van der Waals surface area contributed by atoms with Crippen LogP contribution < -0.4 is 47.9 Å². The van der Waals surface area contributed by atoms with Gasteiger partial charge in [-0.1, -0.05) is 32.6 Å². The van der Waals surface area contributed by atoms with Crippen LogP contribution in [0.15, 0.2) is 0 Å². The third-order valence-corrected chi connectivity index (χ3v) is 16.6. The summed E-state index contributed by atoms with van der Waals surface area (Å²) in [7, 11) is 0. The van der Waals surface area contributed by atoms with Crippen LogP contribution in [-0.4, -0.2) is 269 Å². The summed E-state index contributed by atoms with van der Waals surface area (Å²) >= 11 is 0. The van der Waals surface area contributed by atoms with E-state index in [2.05, 4.69) is 47.9 Å². The second kappa shape index (κ2) is 54.3. The fourth-order valence-electron chi connectivity index (χ4n) is 10.4. The number of aliphatic hydroxyl groups excluding tert-OH is 9. The number of hydrogen-bond donors (Lipinski definition) is 18. The number of carbonyl (C=O) groups is 9. The molecular formula is C67H125N9O24. The van der Waals surface area contributed by atoms with E-state index in [-0.39, 0.29) is 94.8 Å². The molecule has 18 N–H and O–H groups in total. The van der Waals surface area contributed by atoms with Gasteiger partial charge in [-0.2, -0.15) is 0 Å². The van der Waals surface area contributed by atoms with Crippen LogP contribution in [0.3, 0.4) is 0 Å². The molecule has 11 unspecified atom stereocenters. The Balaban J connectivity index is 3.13. The number of hydrogen-bond acceptors (Lipinski definition) is 24. The molecule has 33 heteroatoms. The van der Waals surface area contributed by atoms with Crippen molar-refractivity contribution in [3.63, 3.8) is 0 Å². The lowest BCUT2D eigenvalue weighted by atomic mass is 9.97. The van der Waals surface area contributed by atoms with Gasteiger partial charge in [0.25, 0.3) is 0 Å². The summed E-state index contributed by atoms with van der Waals surface area (Å²) < 4.78 is 34.4. The first kappa shape index (κ1) is 92.6. The molecule has 1 fully saturated rings. The molecule has 0 aromatic rings. The Morgan fingerprint density at radius 3 is 1.34 bits per heavy atom. The topological polar surface area (TPSA) is 499 Å². The van der Waals surface area contributed by atoms with E-state index >= 15 is 0 Å². The highest BCUT2D eigenvalue weighted by molar-refractivity contribution is 5.92. The molecule has 1 heterocycles. The Labute approximate surface area is 589 Å². The highest BCUT2D eigenvalue weighted by Crippen LogP contribution is 2.23. The summed E-state index contributed by atoms with van der Waals surface area (Å²) in [6.07, 6.45) is -2.63. The van der Waals surface area contributed by atoms with E-state index in [1.807, 2.05) is 20.8 Å². The number of ether oxygens (including phenoxy) is 6. The summed E-state index contributed by atoms with van der Waals surface area (Å²) in [5.41, 5.74) is -0.339. The zero-order chi connectivity index (χ0) is 75.0. The maximum absolute atomic E-state index is 14.4. The van der Waals surface area contributed by atoms with Crippen molar-refractivity contribution in [1.82, 2.24) is 47.9 Å². The monoisotopic (exact) mass is 1440 g/mol. The highest BCUT2D eigenvalue weighted by atomic mass is 16.7. The van der Waals surface area contributed by atoms with E-state index in [1.165, 1.54) is 34.6 Å². The molecule has 100 heavy (non-hydrogen) atoms. The molecule has 0 bridgehead atoms. The summed E-state index contributed by atoms with van der Waals surface area (Å²) in [4.78, 5) is 116. The van der Waals surface area contributed by atoms with Crippen LogP contribution in [0.2, 0.25) is 0 Å². The molecule has 33 nitrogen and oxygen atoms in total. The van der Waals surface area contributed by atoms with Crippen LogP contribution in [0.4, 0.5) is 0 Å². The first-order valence-corrected chi connectivity index (χ1v) is 35.7. The average Bonchev–Trinajstić information content (AvgIpc) is 0.809. The minimum absolute atomic E-state index is 0.0114. The third-order valence-electron chi connectivity index (χ3n) is 16.6. The van der Waals surface area contributed by atoms with E-state index in [4.69, 9.17) is 28.4 Å². The lowest BCUT2D eigenvalue weighted by Crippen LogP contribution is -2.64. The van der Waals surface area contributed by atoms with Crippen LogP contribution in [0.1, 0.15) is 203 Å². The van der Waals surface area contributed by atoms with Gasteiger partial charge in [-0.15, -0.1) is 0 Å². The minimum atomic E-state index is -1.49. The lowest BCUT2D eigenvalue weighted by Gasteiger charge is -2.42. The molecule has 1 rings (SSSR count). The predicted molar refractivity (Wildman–Crippen MR) is 364 cm³/mol. The zero-order valence-electron chi connectivity index (χ0n) is 60.4. The van der Waals surface area contributed by atoms with Crippen molar-refractivity contribution in [2.24, 2.45) is 0 Å². The van der Waals surface area contributed by atoms with Gasteiger partial charge < -0.3 is 122 Å². The van der Waals surface area contributed by atoms with E-state index < -0.39 is 160 Å². The molecule has 0 aromatic carbocycles. The van der Waals surface area contributed by atoms with Crippen molar-refractivity contribution in [3.05, 3.63) is 0 Å². The van der Waals surface area contributed by atoms with Gasteiger partial charge in [0.2, 0.25) is 53.2 Å². The fourth-order valence-corrected chi connectivity index (χ4v) is 10.4. The molecule has 0 aromatic heterocycles. The smallest absolute Gasteiger partial charge is 0.243 e. The van der Waals surface area contributed by atoms with Crippen molar-refractivity contribution in [1.29, 1.82) is 0 Å². The fraction of sp³-hybridized carbons (Fsp3) is 0.866. The molecule has 15 atom stereocenters. The Morgan fingerprint density at radius 1 is 0.480 bits per heavy atom. The van der Waals surface area contributed by atoms with Gasteiger partial charge in [0, 0.05) is 91.4 Å². The number of nitrogens with one attached hydrogen (secondary N) is 9. The Morgan fingerprint density at radius 2 is 0.910 bits per heavy atom. The van der Waals surface area contributed by atoms with Gasteiger partial charge in [0.15, 0.2) is 18.9 Å². The van der Waals surface area contributed by atoms with Crippen LogP contribution in [0, 0.1) is 0 Å². The van der Waals surface area contributed by atoms with E-state index in [0.29, 0.717) is 109 Å². The molecule has 1 aliphatic rings. The third kappa shape index (κ3) is 41.7. The number of unbranched alkanes of at least 4 members (excludes halogenated alkanes) is 10. The van der Waals surface area contributed by atoms with Crippen molar-refractivity contribution < 1.29 is 118 Å². The van der Waals surface area contributed by atoms with Gasteiger partial charge in [0.1, 0.15) is 60.7 Å². The molecule has 582 valence electrons. The first-order valence-electron chi connectivity index (χ1n) is 35.7. The number of amides is 9. The van der Waals surface area contributed by atoms with E-state index in [9.17, 15) is 89.1 Å². The molecule has 0 radical (unpaired) electrons. The molecule has 0 saturated carbocycles. The van der Waals surface area contributed by atoms with Crippen molar-refractivity contribution >= 4 is 53.2 Å². The average molecular weight is 1440 g/mol. The van der Waals surface area contributed by atoms with E-state index in [0.717, 1.165) is 6.42 Å². The highest BCUT2D eigenvalue weighted by Gasteiger charge is 2.45. The lowest BCUT2D eigenvalue weighted by molar-refractivity contribution is -0.270. The zero-order valence-corrected chi connectivity index (χ0v) is 60.4. The number of carbonyl (C=O) groups excluding carboxylic acids is 9. The SMILES string of the molecule is CCC(C)(C)NC(=O)CCCCCNC(=O)C(CCCCNC(=O)CCCCCOC(OC(CO)[C@@H](C)O)[C@H](CO)NC(C)=O)NC(=O)C(CCCCNC(=O)CCCCCOC(OC(CO)[C@@H](C)O)[C@H](CO)NC(C)=O)NC(=O)CCCCCOC1OC(CO)C(O)C(O)C1NC(C)=O. The molecule has 0 spiro atoms. The molecule has 9 amide bonds. The molecule has 1 aliphatic heterocycles. The van der Waals surface area contributed by atoms with Gasteiger partial charge in [-0.25, -0.2) is 0 Å². The van der Waals surface area contributed by atoms with Crippen molar-refractivity contribution in [3.8, 4) is 0 Å². The summed E-state index contributed by atoms with van der Waals surface area (Å²) in [6, 6.07) is -5.25. The second-order valence-corrected chi connectivity index (χ2v) is 26.1. The van der Waals surface area contributed by atoms with Crippen molar-refractivity contribution in [2.75, 3.05) is 72.5 Å². The molecule has 0 aliphatic carbocycles. The van der Waals surface area contributed by atoms with Gasteiger partial charge in [-0.05, 0) is 124 Å². The molecular weight excluding hydrogens is 1310 g/mol.